The molecule has 0 radical (unpaired) electrons. The van der Waals surface area contributed by atoms with E-state index in [1.165, 1.54) is 0 Å². The van der Waals surface area contributed by atoms with Crippen molar-refractivity contribution in [3.8, 4) is 0 Å². The van der Waals surface area contributed by atoms with Gasteiger partial charge in [0, 0.05) is 0 Å². The van der Waals surface area contributed by atoms with Crippen LogP contribution < -0.4 is 0 Å². The maximum absolute atomic E-state index is 7.89. The Bertz CT molecular complexity index is 96.0. The zero-order valence-corrected chi connectivity index (χ0v) is 7.76. The molecule has 0 aromatic rings. The first-order chi connectivity index (χ1) is 4.95. The van der Waals surface area contributed by atoms with Gasteiger partial charge in [0.1, 0.15) is 0 Å². The fraction of sp³-hybridized carbons (Fsp3) is 1.00. The summed E-state index contributed by atoms with van der Waals surface area (Å²) < 4.78 is 0. The molecule has 0 aromatic carbocycles. The number of rotatable bonds is 4. The maximum atomic E-state index is 7.89. The van der Waals surface area contributed by atoms with E-state index in [4.69, 9.17) is 5.26 Å². The molecule has 0 saturated heterocycles. The predicted octanol–water partition coefficient (Wildman–Crippen LogP) is 2.48. The van der Waals surface area contributed by atoms with Crippen molar-refractivity contribution in [1.29, 1.82) is 0 Å². The van der Waals surface area contributed by atoms with E-state index in [1.54, 1.807) is 0 Å². The summed E-state index contributed by atoms with van der Waals surface area (Å²) in [7, 11) is 0. The van der Waals surface area contributed by atoms with Crippen molar-refractivity contribution in [2.45, 2.75) is 34.1 Å². The van der Waals surface area contributed by atoms with Crippen molar-refractivity contribution in [3.05, 3.63) is 0 Å². The molecule has 0 heterocycles. The molecule has 0 aliphatic heterocycles. The Balaban J connectivity index is 3.44. The second-order valence-corrected chi connectivity index (χ2v) is 4.23. The highest BCUT2D eigenvalue weighted by molar-refractivity contribution is 4.65. The third-order valence-corrected chi connectivity index (χ3v) is 1.37. The molecule has 3 heteroatoms. The minimum atomic E-state index is 0.304. The number of hydrogen-bond donors (Lipinski definition) is 1. The molecule has 0 bridgehead atoms. The van der Waals surface area contributed by atoms with Crippen molar-refractivity contribution >= 4 is 0 Å². The van der Waals surface area contributed by atoms with E-state index in [1.807, 2.05) is 0 Å². The van der Waals surface area contributed by atoms with Crippen LogP contribution in [0.2, 0.25) is 0 Å². The Kier molecular flexibility index (Phi) is 4.65. The van der Waals surface area contributed by atoms with Crippen molar-refractivity contribution in [2.24, 2.45) is 11.3 Å². The molecule has 1 unspecified atom stereocenters. The molecule has 1 atom stereocenters. The predicted molar refractivity (Wildman–Crippen MR) is 42.9 cm³/mol. The molecular formula is C8H18O3. The summed E-state index contributed by atoms with van der Waals surface area (Å²) in [4.78, 5) is 4.40. The van der Waals surface area contributed by atoms with E-state index < -0.39 is 0 Å². The average Bonchev–Trinajstić information content (AvgIpc) is 1.79. The van der Waals surface area contributed by atoms with Crippen LogP contribution in [0.4, 0.5) is 0 Å². The summed E-state index contributed by atoms with van der Waals surface area (Å²) in [6.45, 7) is 9.01. The highest BCUT2D eigenvalue weighted by Crippen LogP contribution is 2.23. The quantitative estimate of drug-likeness (QED) is 0.510. The normalized spacial score (nSPS) is 15.0. The molecule has 0 aromatic heterocycles. The standard InChI is InChI=1S/C8H18O3/c1-7(6-10-11-9)5-8(2,3)4/h7,9H,5-6H2,1-4H3. The third kappa shape index (κ3) is 7.78. The molecule has 3 nitrogen and oxygen atoms in total. The van der Waals surface area contributed by atoms with Gasteiger partial charge in [-0.3, -0.25) is 0 Å². The molecule has 0 aliphatic carbocycles. The number of hydrogen-bond acceptors (Lipinski definition) is 3. The van der Waals surface area contributed by atoms with Gasteiger partial charge in [-0.15, -0.1) is 0 Å². The van der Waals surface area contributed by atoms with Gasteiger partial charge in [-0.25, -0.2) is 10.1 Å². The van der Waals surface area contributed by atoms with E-state index >= 15 is 0 Å². The van der Waals surface area contributed by atoms with Gasteiger partial charge in [0.25, 0.3) is 0 Å². The van der Waals surface area contributed by atoms with E-state index in [9.17, 15) is 0 Å². The molecule has 0 aliphatic rings. The van der Waals surface area contributed by atoms with Crippen molar-refractivity contribution < 1.29 is 15.2 Å². The van der Waals surface area contributed by atoms with Crippen LogP contribution in [-0.4, -0.2) is 11.9 Å². The van der Waals surface area contributed by atoms with E-state index in [0.29, 0.717) is 17.9 Å². The lowest BCUT2D eigenvalue weighted by atomic mass is 9.86. The Morgan fingerprint density at radius 1 is 1.36 bits per heavy atom. The van der Waals surface area contributed by atoms with Crippen LogP contribution in [0.3, 0.4) is 0 Å². The highest BCUT2D eigenvalue weighted by Gasteiger charge is 2.15. The van der Waals surface area contributed by atoms with Crippen molar-refractivity contribution in [2.75, 3.05) is 6.61 Å². The van der Waals surface area contributed by atoms with Crippen LogP contribution in [0, 0.1) is 11.3 Å². The van der Waals surface area contributed by atoms with Crippen LogP contribution >= 0.6 is 0 Å². The van der Waals surface area contributed by atoms with Crippen LogP contribution in [0.15, 0.2) is 0 Å². The zero-order chi connectivity index (χ0) is 8.91. The van der Waals surface area contributed by atoms with Gasteiger partial charge in [0.05, 0.1) is 6.61 Å². The van der Waals surface area contributed by atoms with Gasteiger partial charge < -0.3 is 0 Å². The third-order valence-electron chi connectivity index (χ3n) is 1.37. The Morgan fingerprint density at radius 2 is 1.91 bits per heavy atom. The SMILES string of the molecule is CC(COOO)CC(C)(C)C. The summed E-state index contributed by atoms with van der Waals surface area (Å²) in [5, 5.41) is 11.4. The van der Waals surface area contributed by atoms with Crippen molar-refractivity contribution in [3.63, 3.8) is 0 Å². The topological polar surface area (TPSA) is 38.7 Å². The van der Waals surface area contributed by atoms with Gasteiger partial charge in [-0.2, -0.15) is 0 Å². The minimum Gasteiger partial charge on any atom is -0.221 e. The fourth-order valence-electron chi connectivity index (χ4n) is 1.25. The fourth-order valence-corrected chi connectivity index (χ4v) is 1.25. The summed E-state index contributed by atoms with van der Waals surface area (Å²) in [5.41, 5.74) is 0.304. The molecule has 0 amide bonds. The van der Waals surface area contributed by atoms with Crippen LogP contribution in [0.25, 0.3) is 0 Å². The van der Waals surface area contributed by atoms with E-state index in [0.717, 1.165) is 6.42 Å². The molecular weight excluding hydrogens is 144 g/mol. The first-order valence-electron chi connectivity index (χ1n) is 3.89. The van der Waals surface area contributed by atoms with Gasteiger partial charge in [-0.1, -0.05) is 32.7 Å². The van der Waals surface area contributed by atoms with E-state index in [2.05, 4.69) is 37.6 Å². The lowest BCUT2D eigenvalue weighted by Gasteiger charge is -2.22. The van der Waals surface area contributed by atoms with Crippen molar-refractivity contribution in [1.82, 2.24) is 0 Å². The molecule has 0 fully saturated rings. The largest absolute Gasteiger partial charge is 0.221 e. The van der Waals surface area contributed by atoms with Gasteiger partial charge >= 0.3 is 0 Å². The molecule has 0 saturated carbocycles. The second kappa shape index (κ2) is 4.70. The molecule has 0 spiro atoms. The molecule has 1 N–H and O–H groups in total. The summed E-state index contributed by atoms with van der Waals surface area (Å²) in [6.07, 6.45) is 1.05. The first-order valence-corrected chi connectivity index (χ1v) is 3.89. The van der Waals surface area contributed by atoms with Crippen LogP contribution in [0.5, 0.6) is 0 Å². The smallest absolute Gasteiger partial charge is 0.0879 e. The molecule has 68 valence electrons. The maximum Gasteiger partial charge on any atom is 0.0879 e. The lowest BCUT2D eigenvalue weighted by molar-refractivity contribution is -0.493. The highest BCUT2D eigenvalue weighted by atomic mass is 17.5. The van der Waals surface area contributed by atoms with Crippen LogP contribution in [0.1, 0.15) is 34.1 Å². The summed E-state index contributed by atoms with van der Waals surface area (Å²) in [6, 6.07) is 0. The molecule has 11 heavy (non-hydrogen) atoms. The van der Waals surface area contributed by atoms with Gasteiger partial charge in [0.15, 0.2) is 0 Å². The van der Waals surface area contributed by atoms with Crippen LogP contribution in [-0.2, 0) is 9.93 Å². The summed E-state index contributed by atoms with van der Waals surface area (Å²) in [5.74, 6) is 0.405. The monoisotopic (exact) mass is 162 g/mol. The van der Waals surface area contributed by atoms with E-state index in [-0.39, 0.29) is 0 Å². The lowest BCUT2D eigenvalue weighted by Crippen LogP contribution is -2.15. The summed E-state index contributed by atoms with van der Waals surface area (Å²) >= 11 is 0. The second-order valence-electron chi connectivity index (χ2n) is 4.23. The van der Waals surface area contributed by atoms with Gasteiger partial charge in [-0.05, 0) is 17.8 Å². The first kappa shape index (κ1) is 10.9. The zero-order valence-electron chi connectivity index (χ0n) is 7.76. The minimum absolute atomic E-state index is 0.304. The Labute approximate surface area is 68.2 Å². The molecule has 0 rings (SSSR count). The Morgan fingerprint density at radius 3 is 2.27 bits per heavy atom. The average molecular weight is 162 g/mol. The van der Waals surface area contributed by atoms with Gasteiger partial charge in [0.2, 0.25) is 0 Å². The Hall–Kier alpha value is -0.120.